The molecule has 0 amide bonds. The maximum absolute atomic E-state index is 5.53. The predicted octanol–water partition coefficient (Wildman–Crippen LogP) is 14.9. The number of fused-ring (bicyclic) bond motifs is 9. The van der Waals surface area contributed by atoms with Gasteiger partial charge in [-0.2, -0.15) is 0 Å². The smallest absolute Gasteiger partial charge is 0.160 e. The highest BCUT2D eigenvalue weighted by molar-refractivity contribution is 6.15. The lowest BCUT2D eigenvalue weighted by Gasteiger charge is -2.17. The fraction of sp³-hybridized carbons (Fsp3) is 0. The molecule has 12 aromatic rings. The summed E-state index contributed by atoms with van der Waals surface area (Å²) in [6, 6.07) is 76.4. The Bertz CT molecular complexity index is 3560. The first kappa shape index (κ1) is 33.3. The summed E-state index contributed by atoms with van der Waals surface area (Å²) in [4.78, 5) is 10.9. The highest BCUT2D eigenvalue weighted by Gasteiger charge is 2.19. The third kappa shape index (κ3) is 5.44. The third-order valence-electron chi connectivity index (χ3n) is 11.9. The number of hydrogen-bond acceptors (Lipinski definition) is 2. The van der Waals surface area contributed by atoms with Crippen LogP contribution in [0, 0.1) is 0 Å². The Morgan fingerprint density at radius 3 is 1.37 bits per heavy atom. The van der Waals surface area contributed by atoms with Crippen LogP contribution in [0.4, 0.5) is 0 Å². The molecular formula is C56H35N3. The highest BCUT2D eigenvalue weighted by Crippen LogP contribution is 2.41. The highest BCUT2D eigenvalue weighted by atomic mass is 15.0. The van der Waals surface area contributed by atoms with E-state index in [-0.39, 0.29) is 0 Å². The fourth-order valence-electron chi connectivity index (χ4n) is 9.26. The average molecular weight is 750 g/mol. The zero-order valence-corrected chi connectivity index (χ0v) is 32.0. The van der Waals surface area contributed by atoms with Crippen molar-refractivity contribution < 1.29 is 0 Å². The minimum atomic E-state index is 0.674. The zero-order chi connectivity index (χ0) is 38.9. The molecule has 274 valence electrons. The first-order valence-corrected chi connectivity index (χ1v) is 20.2. The molecule has 0 bridgehead atoms. The molecule has 0 fully saturated rings. The van der Waals surface area contributed by atoms with Crippen molar-refractivity contribution in [3.8, 4) is 50.7 Å². The van der Waals surface area contributed by atoms with Crippen LogP contribution in [-0.4, -0.2) is 14.5 Å². The van der Waals surface area contributed by atoms with Crippen LogP contribution in [-0.2, 0) is 0 Å². The summed E-state index contributed by atoms with van der Waals surface area (Å²) in [7, 11) is 0. The van der Waals surface area contributed by atoms with Crippen molar-refractivity contribution in [3.05, 3.63) is 212 Å². The maximum atomic E-state index is 5.53. The Labute approximate surface area is 341 Å². The molecule has 2 aromatic heterocycles. The van der Waals surface area contributed by atoms with Crippen molar-refractivity contribution in [1.29, 1.82) is 0 Å². The van der Waals surface area contributed by atoms with Crippen molar-refractivity contribution in [2.24, 2.45) is 0 Å². The lowest BCUT2D eigenvalue weighted by atomic mass is 9.92. The van der Waals surface area contributed by atoms with Crippen molar-refractivity contribution >= 4 is 64.9 Å². The molecule has 0 N–H and O–H groups in total. The maximum Gasteiger partial charge on any atom is 0.160 e. The Morgan fingerprint density at radius 1 is 0.288 bits per heavy atom. The molecule has 0 atom stereocenters. The lowest BCUT2D eigenvalue weighted by molar-refractivity contribution is 1.16. The second-order valence-corrected chi connectivity index (χ2v) is 15.3. The van der Waals surface area contributed by atoms with Crippen molar-refractivity contribution in [2.75, 3.05) is 0 Å². The largest absolute Gasteiger partial charge is 0.309 e. The van der Waals surface area contributed by atoms with E-state index in [0.717, 1.165) is 55.7 Å². The summed E-state index contributed by atoms with van der Waals surface area (Å²) in [6.07, 6.45) is 0. The van der Waals surface area contributed by atoms with Gasteiger partial charge in [-0.1, -0.05) is 164 Å². The number of aromatic nitrogens is 3. The molecule has 0 radical (unpaired) electrons. The van der Waals surface area contributed by atoms with Crippen LogP contribution in [0.15, 0.2) is 212 Å². The van der Waals surface area contributed by atoms with Gasteiger partial charge in [-0.15, -0.1) is 0 Å². The lowest BCUT2D eigenvalue weighted by Crippen LogP contribution is -2.00. The Balaban J connectivity index is 1.18. The predicted molar refractivity (Wildman–Crippen MR) is 248 cm³/mol. The first-order valence-electron chi connectivity index (χ1n) is 20.2. The number of nitrogens with zero attached hydrogens (tertiary/aromatic N) is 3. The van der Waals surface area contributed by atoms with Crippen molar-refractivity contribution in [2.45, 2.75) is 0 Å². The summed E-state index contributed by atoms with van der Waals surface area (Å²) < 4.78 is 2.40. The van der Waals surface area contributed by atoms with Crippen LogP contribution < -0.4 is 0 Å². The van der Waals surface area contributed by atoms with E-state index in [1.165, 1.54) is 54.0 Å². The Morgan fingerprint density at radius 2 is 0.746 bits per heavy atom. The van der Waals surface area contributed by atoms with E-state index in [4.69, 9.17) is 9.97 Å². The van der Waals surface area contributed by atoms with Gasteiger partial charge in [0.2, 0.25) is 0 Å². The van der Waals surface area contributed by atoms with E-state index < -0.39 is 0 Å². The van der Waals surface area contributed by atoms with Gasteiger partial charge in [0.05, 0.1) is 22.4 Å². The van der Waals surface area contributed by atoms with Crippen LogP contribution in [0.1, 0.15) is 0 Å². The van der Waals surface area contributed by atoms with Gasteiger partial charge in [0.15, 0.2) is 5.82 Å². The molecule has 2 heterocycles. The third-order valence-corrected chi connectivity index (χ3v) is 11.9. The van der Waals surface area contributed by atoms with Crippen LogP contribution in [0.3, 0.4) is 0 Å². The van der Waals surface area contributed by atoms with E-state index in [1.54, 1.807) is 0 Å². The zero-order valence-electron chi connectivity index (χ0n) is 32.0. The number of benzene rings is 10. The summed E-state index contributed by atoms with van der Waals surface area (Å²) in [5, 5.41) is 12.1. The van der Waals surface area contributed by atoms with Crippen LogP contribution >= 0.6 is 0 Å². The molecule has 0 saturated carbocycles. The molecule has 0 spiro atoms. The van der Waals surface area contributed by atoms with Gasteiger partial charge in [0.25, 0.3) is 0 Å². The minimum Gasteiger partial charge on any atom is -0.309 e. The number of hydrogen-bond donors (Lipinski definition) is 0. The van der Waals surface area contributed by atoms with E-state index in [0.29, 0.717) is 5.82 Å². The average Bonchev–Trinajstić information content (AvgIpc) is 3.65. The first-order chi connectivity index (χ1) is 29.2. The molecule has 59 heavy (non-hydrogen) atoms. The van der Waals surface area contributed by atoms with Crippen LogP contribution in [0.2, 0.25) is 0 Å². The molecule has 3 nitrogen and oxygen atoms in total. The van der Waals surface area contributed by atoms with E-state index in [9.17, 15) is 0 Å². The molecule has 12 rings (SSSR count). The van der Waals surface area contributed by atoms with E-state index in [2.05, 4.69) is 217 Å². The minimum absolute atomic E-state index is 0.674. The summed E-state index contributed by atoms with van der Waals surface area (Å²) >= 11 is 0. The molecule has 10 aromatic carbocycles. The summed E-state index contributed by atoms with van der Waals surface area (Å²) in [6.45, 7) is 0. The van der Waals surface area contributed by atoms with E-state index >= 15 is 0 Å². The van der Waals surface area contributed by atoms with Crippen LogP contribution in [0.5, 0.6) is 0 Å². The van der Waals surface area contributed by atoms with Crippen molar-refractivity contribution in [1.82, 2.24) is 14.5 Å². The van der Waals surface area contributed by atoms with Gasteiger partial charge in [-0.3, -0.25) is 0 Å². The molecule has 3 heteroatoms. The van der Waals surface area contributed by atoms with Gasteiger partial charge in [-0.25, -0.2) is 9.97 Å². The van der Waals surface area contributed by atoms with Gasteiger partial charge in [-0.05, 0) is 103 Å². The van der Waals surface area contributed by atoms with Gasteiger partial charge >= 0.3 is 0 Å². The monoisotopic (exact) mass is 749 g/mol. The summed E-state index contributed by atoms with van der Waals surface area (Å²) in [5.41, 5.74) is 10.5. The van der Waals surface area contributed by atoms with Gasteiger partial charge in [0, 0.05) is 33.2 Å². The number of para-hydroxylation sites is 2. The Kier molecular flexibility index (Phi) is 7.54. The van der Waals surface area contributed by atoms with Gasteiger partial charge < -0.3 is 4.57 Å². The van der Waals surface area contributed by atoms with E-state index in [1.807, 2.05) is 0 Å². The molecule has 0 aliphatic carbocycles. The topological polar surface area (TPSA) is 30.7 Å². The molecule has 0 aliphatic rings. The Hall–Kier alpha value is -7.88. The standard InChI is InChI=1S/C56H35N3/c1-2-16-36(17-3-1)52-35-53(51-34-38-19-5-7-21-43(38)45-23-9-11-25-47(45)51)58-56(57-52)40-30-39(50-33-37-18-4-6-20-42(37)44-22-8-10-24-46(44)50)31-41(32-40)59-54-28-14-12-26-48(54)49-27-13-15-29-55(49)59/h1-35H. The molecule has 0 aliphatic heterocycles. The quantitative estimate of drug-likeness (QED) is 0.164. The fourth-order valence-corrected chi connectivity index (χ4v) is 9.26. The second kappa shape index (κ2) is 13.4. The molecule has 0 saturated heterocycles. The number of rotatable bonds is 5. The van der Waals surface area contributed by atoms with Crippen LogP contribution in [0.25, 0.3) is 116 Å². The summed E-state index contributed by atoms with van der Waals surface area (Å²) in [5.74, 6) is 0.674. The molecule has 0 unspecified atom stereocenters. The van der Waals surface area contributed by atoms with Crippen molar-refractivity contribution in [3.63, 3.8) is 0 Å². The second-order valence-electron chi connectivity index (χ2n) is 15.3. The molecular weight excluding hydrogens is 715 g/mol. The normalized spacial score (nSPS) is 11.7. The SMILES string of the molecule is c1ccc(-c2cc(-c3cc4ccccc4c4ccccc34)nc(-c3cc(-c4cc5ccccc5c5ccccc45)cc(-n4c5ccccc5c5ccccc54)c3)n2)cc1. The van der Waals surface area contributed by atoms with Gasteiger partial charge in [0.1, 0.15) is 0 Å².